The van der Waals surface area contributed by atoms with Crippen molar-refractivity contribution in [1.82, 2.24) is 24.6 Å². The summed E-state index contributed by atoms with van der Waals surface area (Å²) in [6.07, 6.45) is 3.59. The van der Waals surface area contributed by atoms with Crippen molar-refractivity contribution in [1.29, 1.82) is 0 Å². The molecule has 3 aromatic heterocycles. The molecule has 0 saturated carbocycles. The number of para-hydroxylation sites is 1. The molecule has 9 nitrogen and oxygen atoms in total. The first-order valence-electron chi connectivity index (χ1n) is 10.1. The molecule has 0 unspecified atom stereocenters. The van der Waals surface area contributed by atoms with E-state index in [9.17, 15) is 4.79 Å². The molecular weight excluding hydrogens is 396 g/mol. The first-order valence-corrected chi connectivity index (χ1v) is 10.1. The molecule has 0 spiro atoms. The van der Waals surface area contributed by atoms with Crippen molar-refractivity contribution < 1.29 is 13.9 Å². The van der Waals surface area contributed by atoms with E-state index in [-0.39, 0.29) is 5.91 Å². The van der Waals surface area contributed by atoms with E-state index in [1.165, 1.54) is 0 Å². The predicted octanol–water partition coefficient (Wildman–Crippen LogP) is 2.69. The summed E-state index contributed by atoms with van der Waals surface area (Å²) in [4.78, 5) is 21.1. The van der Waals surface area contributed by atoms with Crippen LogP contribution in [0.1, 0.15) is 16.4 Å². The molecule has 0 aliphatic carbocycles. The molecule has 0 N–H and O–H groups in total. The second-order valence-corrected chi connectivity index (χ2v) is 7.36. The molecule has 4 heterocycles. The highest BCUT2D eigenvalue weighted by Gasteiger charge is 2.26. The van der Waals surface area contributed by atoms with Gasteiger partial charge in [0, 0.05) is 44.0 Å². The van der Waals surface area contributed by atoms with Crippen molar-refractivity contribution in [3.05, 3.63) is 60.4 Å². The van der Waals surface area contributed by atoms with Gasteiger partial charge < -0.3 is 19.0 Å². The van der Waals surface area contributed by atoms with Crippen molar-refractivity contribution in [3.8, 4) is 11.6 Å². The van der Waals surface area contributed by atoms with Crippen molar-refractivity contribution in [2.45, 2.75) is 6.92 Å². The summed E-state index contributed by atoms with van der Waals surface area (Å²) in [6.45, 7) is 4.43. The fourth-order valence-electron chi connectivity index (χ4n) is 3.83. The standard InChI is InChI=1S/C22H22N6O3/c1-15-23-8-9-28(15)20-7-6-19(24-25-20)26-10-12-27(13-11-26)22(29)18-14-16-4-3-5-17(30-2)21(16)31-18/h3-9,14H,10-13H2,1-2H3. The van der Waals surface area contributed by atoms with E-state index in [1.54, 1.807) is 24.3 Å². The number of fused-ring (bicyclic) bond motifs is 1. The molecule has 1 amide bonds. The Kier molecular flexibility index (Phi) is 4.78. The number of carbonyl (C=O) groups excluding carboxylic acids is 1. The van der Waals surface area contributed by atoms with Crippen molar-refractivity contribution >= 4 is 22.7 Å². The number of furan rings is 1. The smallest absolute Gasteiger partial charge is 0.289 e. The molecule has 1 aliphatic heterocycles. The predicted molar refractivity (Wildman–Crippen MR) is 115 cm³/mol. The lowest BCUT2D eigenvalue weighted by Crippen LogP contribution is -2.49. The minimum absolute atomic E-state index is 0.116. The van der Waals surface area contributed by atoms with Crippen LogP contribution in [0, 0.1) is 6.92 Å². The lowest BCUT2D eigenvalue weighted by atomic mass is 10.2. The van der Waals surface area contributed by atoms with Gasteiger partial charge in [-0.25, -0.2) is 4.98 Å². The average Bonchev–Trinajstić information content (AvgIpc) is 3.45. The maximum Gasteiger partial charge on any atom is 0.289 e. The Morgan fingerprint density at radius 2 is 1.84 bits per heavy atom. The zero-order valence-corrected chi connectivity index (χ0v) is 17.4. The van der Waals surface area contributed by atoms with Crippen LogP contribution in [0.4, 0.5) is 5.82 Å². The highest BCUT2D eigenvalue weighted by molar-refractivity contribution is 5.97. The zero-order valence-electron chi connectivity index (χ0n) is 17.4. The van der Waals surface area contributed by atoms with E-state index >= 15 is 0 Å². The molecule has 0 bridgehead atoms. The summed E-state index contributed by atoms with van der Waals surface area (Å²) in [7, 11) is 1.59. The SMILES string of the molecule is COc1cccc2cc(C(=O)N3CCN(c4ccc(-n5ccnc5C)nn4)CC3)oc12. The number of hydrogen-bond acceptors (Lipinski definition) is 7. The molecular formula is C22H22N6O3. The number of amides is 1. The van der Waals surface area contributed by atoms with Crippen LogP contribution in [0.25, 0.3) is 16.8 Å². The summed E-state index contributed by atoms with van der Waals surface area (Å²) in [5.74, 6) is 3.21. The number of rotatable bonds is 4. The average molecular weight is 418 g/mol. The first-order chi connectivity index (χ1) is 15.1. The van der Waals surface area contributed by atoms with Gasteiger partial charge in [0.2, 0.25) is 0 Å². The molecule has 1 aromatic carbocycles. The lowest BCUT2D eigenvalue weighted by Gasteiger charge is -2.34. The summed E-state index contributed by atoms with van der Waals surface area (Å²) in [6, 6.07) is 11.3. The summed E-state index contributed by atoms with van der Waals surface area (Å²) >= 11 is 0. The molecule has 9 heteroatoms. The number of hydrogen-bond donors (Lipinski definition) is 0. The van der Waals surface area contributed by atoms with Gasteiger partial charge in [0.25, 0.3) is 5.91 Å². The third kappa shape index (κ3) is 3.48. The Bertz CT molecular complexity index is 1220. The topological polar surface area (TPSA) is 89.5 Å². The normalized spacial score (nSPS) is 14.3. The van der Waals surface area contributed by atoms with E-state index in [0.29, 0.717) is 43.3 Å². The third-order valence-corrected chi connectivity index (χ3v) is 5.54. The van der Waals surface area contributed by atoms with E-state index < -0.39 is 0 Å². The summed E-state index contributed by atoms with van der Waals surface area (Å²) in [5.41, 5.74) is 0.593. The van der Waals surface area contributed by atoms with Gasteiger partial charge in [-0.15, -0.1) is 10.2 Å². The highest BCUT2D eigenvalue weighted by Crippen LogP contribution is 2.29. The quantitative estimate of drug-likeness (QED) is 0.503. The number of anilines is 1. The number of ether oxygens (including phenoxy) is 1. The van der Waals surface area contributed by atoms with Crippen LogP contribution in [0.2, 0.25) is 0 Å². The van der Waals surface area contributed by atoms with E-state index in [2.05, 4.69) is 20.1 Å². The van der Waals surface area contributed by atoms with Gasteiger partial charge in [-0.1, -0.05) is 12.1 Å². The molecule has 1 aliphatic rings. The van der Waals surface area contributed by atoms with Crippen molar-refractivity contribution in [2.24, 2.45) is 0 Å². The van der Waals surface area contributed by atoms with Crippen molar-refractivity contribution in [2.75, 3.05) is 38.2 Å². The molecule has 0 atom stereocenters. The Hall–Kier alpha value is -3.88. The number of aryl methyl sites for hydroxylation is 1. The van der Waals surface area contributed by atoms with Gasteiger partial charge in [0.1, 0.15) is 5.82 Å². The van der Waals surface area contributed by atoms with Crippen LogP contribution in [0.15, 0.2) is 53.2 Å². The number of nitrogens with zero attached hydrogens (tertiary/aromatic N) is 6. The van der Waals surface area contributed by atoms with Crippen LogP contribution in [-0.2, 0) is 0 Å². The third-order valence-electron chi connectivity index (χ3n) is 5.54. The fraction of sp³-hybridized carbons (Fsp3) is 0.273. The number of imidazole rings is 1. The number of aromatic nitrogens is 4. The minimum Gasteiger partial charge on any atom is -0.493 e. The summed E-state index contributed by atoms with van der Waals surface area (Å²) < 4.78 is 13.0. The summed E-state index contributed by atoms with van der Waals surface area (Å²) in [5, 5.41) is 9.54. The molecule has 158 valence electrons. The van der Waals surface area contributed by atoms with E-state index in [0.717, 1.165) is 22.8 Å². The molecule has 31 heavy (non-hydrogen) atoms. The molecule has 0 radical (unpaired) electrons. The largest absolute Gasteiger partial charge is 0.493 e. The van der Waals surface area contributed by atoms with Gasteiger partial charge in [-0.05, 0) is 31.2 Å². The maximum absolute atomic E-state index is 13.0. The van der Waals surface area contributed by atoms with Gasteiger partial charge in [-0.2, -0.15) is 0 Å². The number of carbonyl (C=O) groups is 1. The van der Waals surface area contributed by atoms with Crippen LogP contribution in [-0.4, -0.2) is 63.8 Å². The van der Waals surface area contributed by atoms with Gasteiger partial charge >= 0.3 is 0 Å². The maximum atomic E-state index is 13.0. The number of piperazine rings is 1. The van der Waals surface area contributed by atoms with Crippen LogP contribution >= 0.6 is 0 Å². The number of benzene rings is 1. The van der Waals surface area contributed by atoms with Crippen LogP contribution in [0.3, 0.4) is 0 Å². The fourth-order valence-corrected chi connectivity index (χ4v) is 3.83. The van der Waals surface area contributed by atoms with Crippen molar-refractivity contribution in [3.63, 3.8) is 0 Å². The molecule has 5 rings (SSSR count). The second-order valence-electron chi connectivity index (χ2n) is 7.36. The molecule has 1 saturated heterocycles. The van der Waals surface area contributed by atoms with Gasteiger partial charge in [-0.3, -0.25) is 9.36 Å². The molecule has 4 aromatic rings. The van der Waals surface area contributed by atoms with E-state index in [4.69, 9.17) is 9.15 Å². The zero-order chi connectivity index (χ0) is 21.4. The Morgan fingerprint density at radius 3 is 2.52 bits per heavy atom. The number of methoxy groups -OCH3 is 1. The second kappa shape index (κ2) is 7.75. The highest BCUT2D eigenvalue weighted by atomic mass is 16.5. The van der Waals surface area contributed by atoms with Gasteiger partial charge in [0.05, 0.1) is 7.11 Å². The van der Waals surface area contributed by atoms with Crippen LogP contribution < -0.4 is 9.64 Å². The first kappa shape index (κ1) is 19.1. The Morgan fingerprint density at radius 1 is 1.06 bits per heavy atom. The minimum atomic E-state index is -0.116. The molecule has 1 fully saturated rings. The Balaban J connectivity index is 1.26. The Labute approximate surface area is 178 Å². The monoisotopic (exact) mass is 418 g/mol. The lowest BCUT2D eigenvalue weighted by molar-refractivity contribution is 0.0716. The van der Waals surface area contributed by atoms with E-state index in [1.807, 2.05) is 48.0 Å². The van der Waals surface area contributed by atoms with Crippen LogP contribution in [0.5, 0.6) is 5.75 Å². The van der Waals surface area contributed by atoms with Gasteiger partial charge in [0.15, 0.2) is 28.7 Å².